The maximum atomic E-state index is 9.01. The monoisotopic (exact) mass is 233 g/mol. The molecule has 2 rings (SSSR count). The summed E-state index contributed by atoms with van der Waals surface area (Å²) in [5.74, 6) is 1.21. The summed E-state index contributed by atoms with van der Waals surface area (Å²) < 4.78 is 2.09. The third-order valence-corrected chi connectivity index (χ3v) is 2.78. The van der Waals surface area contributed by atoms with E-state index in [-0.39, 0.29) is 0 Å². The first-order valence-corrected chi connectivity index (χ1v) is 5.79. The van der Waals surface area contributed by atoms with Crippen LogP contribution in [0.1, 0.15) is 24.7 Å². The largest absolute Gasteiger partial charge is 0.327 e. The van der Waals surface area contributed by atoms with Crippen LogP contribution in [0.5, 0.6) is 0 Å². The van der Waals surface area contributed by atoms with Gasteiger partial charge in [0.05, 0.1) is 17.0 Å². The highest BCUT2D eigenvalue weighted by atomic mass is 35.5. The summed E-state index contributed by atoms with van der Waals surface area (Å²) in [6, 6.07) is 7.80. The Morgan fingerprint density at radius 3 is 2.94 bits per heavy atom. The van der Waals surface area contributed by atoms with Gasteiger partial charge in [-0.3, -0.25) is 0 Å². The van der Waals surface area contributed by atoms with Crippen molar-refractivity contribution in [3.8, 4) is 6.07 Å². The molecule has 0 bridgehead atoms. The molecule has 0 aliphatic rings. The Morgan fingerprint density at radius 1 is 1.50 bits per heavy atom. The molecule has 82 valence electrons. The highest BCUT2D eigenvalue weighted by Gasteiger charge is 2.11. The zero-order valence-electron chi connectivity index (χ0n) is 9.07. The fourth-order valence-corrected chi connectivity index (χ4v) is 2.06. The van der Waals surface area contributed by atoms with Gasteiger partial charge in [0.1, 0.15) is 17.4 Å². The maximum Gasteiger partial charge on any atom is 0.124 e. The summed E-state index contributed by atoms with van der Waals surface area (Å²) in [7, 11) is 0. The summed E-state index contributed by atoms with van der Waals surface area (Å²) >= 11 is 5.87. The van der Waals surface area contributed by atoms with Gasteiger partial charge in [0, 0.05) is 6.54 Å². The SMILES string of the molecule is CCCn1c(CCl)nc2c(C#N)cccc21. The summed E-state index contributed by atoms with van der Waals surface area (Å²) in [4.78, 5) is 4.43. The third-order valence-electron chi connectivity index (χ3n) is 2.55. The lowest BCUT2D eigenvalue weighted by atomic mass is 10.2. The number of benzene rings is 1. The van der Waals surface area contributed by atoms with Crippen LogP contribution in [0.2, 0.25) is 0 Å². The standard InChI is InChI=1S/C12H12ClN3/c1-2-6-16-10-5-3-4-9(8-14)12(10)15-11(16)7-13/h3-5H,2,6-7H2,1H3. The lowest BCUT2D eigenvalue weighted by molar-refractivity contribution is 0.672. The first-order chi connectivity index (χ1) is 7.81. The predicted molar refractivity (Wildman–Crippen MR) is 64.3 cm³/mol. The number of nitrogens with zero attached hydrogens (tertiary/aromatic N) is 3. The minimum absolute atomic E-state index is 0.375. The van der Waals surface area contributed by atoms with Crippen LogP contribution in [-0.4, -0.2) is 9.55 Å². The number of rotatable bonds is 3. The number of nitriles is 1. The van der Waals surface area contributed by atoms with Crippen LogP contribution in [0.25, 0.3) is 11.0 Å². The molecular weight excluding hydrogens is 222 g/mol. The molecular formula is C12H12ClN3. The van der Waals surface area contributed by atoms with Crippen LogP contribution < -0.4 is 0 Å². The Hall–Kier alpha value is -1.53. The molecule has 1 heterocycles. The second-order valence-corrected chi connectivity index (χ2v) is 3.87. The van der Waals surface area contributed by atoms with Gasteiger partial charge in [0.2, 0.25) is 0 Å². The molecule has 0 saturated carbocycles. The van der Waals surface area contributed by atoms with Crippen molar-refractivity contribution in [3.63, 3.8) is 0 Å². The number of hydrogen-bond acceptors (Lipinski definition) is 2. The van der Waals surface area contributed by atoms with Crippen molar-refractivity contribution < 1.29 is 0 Å². The van der Waals surface area contributed by atoms with E-state index in [1.807, 2.05) is 12.1 Å². The van der Waals surface area contributed by atoms with E-state index in [0.29, 0.717) is 11.4 Å². The van der Waals surface area contributed by atoms with Crippen molar-refractivity contribution in [1.82, 2.24) is 9.55 Å². The fraction of sp³-hybridized carbons (Fsp3) is 0.333. The van der Waals surface area contributed by atoms with Gasteiger partial charge in [-0.1, -0.05) is 13.0 Å². The van der Waals surface area contributed by atoms with Crippen LogP contribution in [0.15, 0.2) is 18.2 Å². The van der Waals surface area contributed by atoms with Crippen LogP contribution in [0.3, 0.4) is 0 Å². The van der Waals surface area contributed by atoms with Gasteiger partial charge in [-0.05, 0) is 18.6 Å². The normalized spacial score (nSPS) is 10.6. The molecule has 0 aliphatic carbocycles. The van der Waals surface area contributed by atoms with E-state index < -0.39 is 0 Å². The van der Waals surface area contributed by atoms with E-state index in [4.69, 9.17) is 16.9 Å². The average molecular weight is 234 g/mol. The molecule has 0 saturated heterocycles. The Kier molecular flexibility index (Phi) is 3.12. The van der Waals surface area contributed by atoms with E-state index in [0.717, 1.165) is 29.8 Å². The maximum absolute atomic E-state index is 9.01. The molecule has 1 aromatic carbocycles. The molecule has 16 heavy (non-hydrogen) atoms. The molecule has 0 amide bonds. The number of aromatic nitrogens is 2. The summed E-state index contributed by atoms with van der Waals surface area (Å²) in [6.07, 6.45) is 1.02. The van der Waals surface area contributed by atoms with Gasteiger partial charge in [-0.2, -0.15) is 5.26 Å². The molecule has 2 aromatic rings. The van der Waals surface area contributed by atoms with Crippen molar-refractivity contribution in [1.29, 1.82) is 5.26 Å². The van der Waals surface area contributed by atoms with Gasteiger partial charge in [-0.25, -0.2) is 4.98 Å². The van der Waals surface area contributed by atoms with Gasteiger partial charge in [0.25, 0.3) is 0 Å². The molecule has 0 radical (unpaired) electrons. The van der Waals surface area contributed by atoms with Gasteiger partial charge in [0.15, 0.2) is 0 Å². The smallest absolute Gasteiger partial charge is 0.124 e. The Labute approximate surface area is 99.3 Å². The van der Waals surface area contributed by atoms with E-state index in [2.05, 4.69) is 22.5 Å². The van der Waals surface area contributed by atoms with Crippen LogP contribution >= 0.6 is 11.6 Å². The first kappa shape index (κ1) is 11.0. The van der Waals surface area contributed by atoms with Crippen LogP contribution in [0.4, 0.5) is 0 Å². The fourth-order valence-electron chi connectivity index (χ4n) is 1.86. The molecule has 0 unspecified atom stereocenters. The Bertz CT molecular complexity index is 551. The zero-order valence-corrected chi connectivity index (χ0v) is 9.83. The number of hydrogen-bond donors (Lipinski definition) is 0. The number of imidazole rings is 1. The molecule has 3 nitrogen and oxygen atoms in total. The molecule has 0 spiro atoms. The summed E-state index contributed by atoms with van der Waals surface area (Å²) in [6.45, 7) is 2.99. The van der Waals surface area contributed by atoms with E-state index in [9.17, 15) is 0 Å². The van der Waals surface area contributed by atoms with Crippen molar-refractivity contribution in [2.24, 2.45) is 0 Å². The minimum atomic E-state index is 0.375. The Balaban J connectivity index is 2.73. The van der Waals surface area contributed by atoms with Crippen molar-refractivity contribution in [2.75, 3.05) is 0 Å². The second-order valence-electron chi connectivity index (χ2n) is 3.60. The van der Waals surface area contributed by atoms with Crippen molar-refractivity contribution in [3.05, 3.63) is 29.6 Å². The number of alkyl halides is 1. The highest BCUT2D eigenvalue weighted by molar-refractivity contribution is 6.16. The van der Waals surface area contributed by atoms with E-state index in [1.165, 1.54) is 0 Å². The van der Waals surface area contributed by atoms with Gasteiger partial charge >= 0.3 is 0 Å². The third kappa shape index (κ3) is 1.66. The average Bonchev–Trinajstić information content (AvgIpc) is 2.68. The van der Waals surface area contributed by atoms with E-state index in [1.54, 1.807) is 6.07 Å². The van der Waals surface area contributed by atoms with E-state index >= 15 is 0 Å². The summed E-state index contributed by atoms with van der Waals surface area (Å²) in [5, 5.41) is 9.01. The van der Waals surface area contributed by atoms with Gasteiger partial charge < -0.3 is 4.57 Å². The van der Waals surface area contributed by atoms with Crippen molar-refractivity contribution >= 4 is 22.6 Å². The van der Waals surface area contributed by atoms with Crippen LogP contribution in [-0.2, 0) is 12.4 Å². The molecule has 1 aromatic heterocycles. The minimum Gasteiger partial charge on any atom is -0.327 e. The molecule has 0 aliphatic heterocycles. The predicted octanol–water partition coefficient (Wildman–Crippen LogP) is 3.06. The lowest BCUT2D eigenvalue weighted by Crippen LogP contribution is -2.01. The highest BCUT2D eigenvalue weighted by Crippen LogP contribution is 2.21. The lowest BCUT2D eigenvalue weighted by Gasteiger charge is -2.04. The second kappa shape index (κ2) is 4.54. The number of para-hydroxylation sites is 1. The number of halogens is 1. The number of aryl methyl sites for hydroxylation is 1. The molecule has 0 atom stereocenters. The van der Waals surface area contributed by atoms with Crippen molar-refractivity contribution in [2.45, 2.75) is 25.8 Å². The summed E-state index contributed by atoms with van der Waals surface area (Å²) in [5.41, 5.74) is 2.37. The molecule has 0 fully saturated rings. The number of fused-ring (bicyclic) bond motifs is 1. The Morgan fingerprint density at radius 2 is 2.31 bits per heavy atom. The zero-order chi connectivity index (χ0) is 11.5. The molecule has 4 heteroatoms. The quantitative estimate of drug-likeness (QED) is 0.765. The van der Waals surface area contributed by atoms with Gasteiger partial charge in [-0.15, -0.1) is 11.6 Å². The topological polar surface area (TPSA) is 41.6 Å². The van der Waals surface area contributed by atoms with Crippen LogP contribution in [0, 0.1) is 11.3 Å². The molecule has 0 N–H and O–H groups in total. The first-order valence-electron chi connectivity index (χ1n) is 5.26.